The summed E-state index contributed by atoms with van der Waals surface area (Å²) in [7, 11) is 3.27. The Morgan fingerprint density at radius 2 is 2.09 bits per heavy atom. The van der Waals surface area contributed by atoms with Crippen molar-refractivity contribution in [3.63, 3.8) is 0 Å². The molecule has 0 aliphatic rings. The van der Waals surface area contributed by atoms with Crippen molar-refractivity contribution >= 4 is 28.5 Å². The zero-order chi connectivity index (χ0) is 16.3. The summed E-state index contributed by atoms with van der Waals surface area (Å²) in [5.41, 5.74) is 1.68. The van der Waals surface area contributed by atoms with E-state index in [0.29, 0.717) is 25.0 Å². The number of aryl methyl sites for hydroxylation is 2. The number of nitrogens with zero attached hydrogens (tertiary/aromatic N) is 1. The van der Waals surface area contributed by atoms with E-state index in [0.717, 1.165) is 16.5 Å². The van der Waals surface area contributed by atoms with E-state index in [-0.39, 0.29) is 5.56 Å². The topological polar surface area (TPSA) is 68.5 Å². The molecule has 5 nitrogen and oxygen atoms in total. The third kappa shape index (κ3) is 3.25. The minimum Gasteiger partial charge on any atom is -0.495 e. The normalized spacial score (nSPS) is 12.3. The van der Waals surface area contributed by atoms with Gasteiger partial charge in [0.15, 0.2) is 0 Å². The molecular weight excluding hydrogens is 306 g/mol. The number of alkyl halides is 1. The van der Waals surface area contributed by atoms with Gasteiger partial charge in [0.25, 0.3) is 5.56 Å². The van der Waals surface area contributed by atoms with Crippen LogP contribution in [0.4, 0.5) is 0 Å². The van der Waals surface area contributed by atoms with E-state index >= 15 is 0 Å². The van der Waals surface area contributed by atoms with Crippen LogP contribution in [0.2, 0.25) is 0 Å². The number of halogens is 1. The number of hydrogen-bond donors (Lipinski definition) is 1. The summed E-state index contributed by atoms with van der Waals surface area (Å²) in [4.78, 5) is 22.5. The van der Waals surface area contributed by atoms with Crippen molar-refractivity contribution in [3.8, 4) is 5.75 Å². The largest absolute Gasteiger partial charge is 0.495 e. The Hall–Kier alpha value is -2.01. The van der Waals surface area contributed by atoms with Gasteiger partial charge in [0.2, 0.25) is 0 Å². The number of carbonyl (C=O) groups is 1. The molecule has 0 saturated carbocycles. The zero-order valence-corrected chi connectivity index (χ0v) is 13.3. The Morgan fingerprint density at radius 3 is 2.73 bits per heavy atom. The Kier molecular flexibility index (Phi) is 5.08. The maximum Gasteiger partial charge on any atom is 0.321 e. The molecule has 6 heteroatoms. The van der Waals surface area contributed by atoms with Gasteiger partial charge in [-0.25, -0.2) is 0 Å². The highest BCUT2D eigenvalue weighted by Crippen LogP contribution is 2.28. The first-order valence-electron chi connectivity index (χ1n) is 6.98. The molecule has 1 N–H and O–H groups in total. The fourth-order valence-electron chi connectivity index (χ4n) is 2.52. The highest BCUT2D eigenvalue weighted by atomic mass is 35.5. The standard InChI is InChI=1S/C16H18ClNO4/c1-18-14(19)9-7-11-10(4-3-5-12(17)16(20)21)6-8-13(22-2)15(11)18/h6-9,12H,3-5H2,1-2H3,(H,20,21). The first kappa shape index (κ1) is 16.4. The second-order valence-corrected chi connectivity index (χ2v) is 5.64. The molecule has 2 aromatic rings. The summed E-state index contributed by atoms with van der Waals surface area (Å²) in [6.07, 6.45) is 1.75. The van der Waals surface area contributed by atoms with Crippen LogP contribution in [0.15, 0.2) is 29.1 Å². The molecule has 1 aromatic carbocycles. The summed E-state index contributed by atoms with van der Waals surface area (Å²) in [6, 6.07) is 7.07. The van der Waals surface area contributed by atoms with Gasteiger partial charge in [-0.15, -0.1) is 11.6 Å². The van der Waals surface area contributed by atoms with Gasteiger partial charge in [0.05, 0.1) is 12.6 Å². The van der Waals surface area contributed by atoms with Crippen LogP contribution in [-0.4, -0.2) is 28.1 Å². The van der Waals surface area contributed by atoms with Crippen molar-refractivity contribution in [1.29, 1.82) is 0 Å². The first-order chi connectivity index (χ1) is 10.5. The van der Waals surface area contributed by atoms with Gasteiger partial charge >= 0.3 is 5.97 Å². The van der Waals surface area contributed by atoms with Crippen LogP contribution in [0.1, 0.15) is 18.4 Å². The Balaban J connectivity index is 2.34. The summed E-state index contributed by atoms with van der Waals surface area (Å²) >= 11 is 5.73. The van der Waals surface area contributed by atoms with Gasteiger partial charge in [0, 0.05) is 18.5 Å². The van der Waals surface area contributed by atoms with Gasteiger partial charge in [-0.3, -0.25) is 9.59 Å². The minimum absolute atomic E-state index is 0.102. The molecule has 22 heavy (non-hydrogen) atoms. The minimum atomic E-state index is -0.997. The average Bonchev–Trinajstić information content (AvgIpc) is 2.50. The maximum absolute atomic E-state index is 11.8. The van der Waals surface area contributed by atoms with Crippen LogP contribution in [-0.2, 0) is 18.3 Å². The van der Waals surface area contributed by atoms with E-state index in [1.54, 1.807) is 24.8 Å². The summed E-state index contributed by atoms with van der Waals surface area (Å²) in [6.45, 7) is 0. The van der Waals surface area contributed by atoms with Gasteiger partial charge in [-0.1, -0.05) is 6.07 Å². The number of carboxylic acids is 1. The third-order valence-corrected chi connectivity index (χ3v) is 4.13. The lowest BCUT2D eigenvalue weighted by Gasteiger charge is -2.13. The molecule has 1 unspecified atom stereocenters. The zero-order valence-electron chi connectivity index (χ0n) is 12.5. The quantitative estimate of drug-likeness (QED) is 0.830. The summed E-state index contributed by atoms with van der Waals surface area (Å²) in [5, 5.41) is 8.87. The number of aliphatic carboxylic acids is 1. The molecule has 0 aliphatic heterocycles. The number of hydrogen-bond acceptors (Lipinski definition) is 3. The van der Waals surface area contributed by atoms with E-state index < -0.39 is 11.3 Å². The van der Waals surface area contributed by atoms with E-state index in [1.165, 1.54) is 6.07 Å². The molecule has 0 bridgehead atoms. The van der Waals surface area contributed by atoms with Crippen LogP contribution in [0.5, 0.6) is 5.75 Å². The number of fused-ring (bicyclic) bond motifs is 1. The maximum atomic E-state index is 11.8. The summed E-state index contributed by atoms with van der Waals surface area (Å²) < 4.78 is 6.89. The predicted molar refractivity (Wildman–Crippen MR) is 86.0 cm³/mol. The molecule has 0 amide bonds. The van der Waals surface area contributed by atoms with Crippen molar-refractivity contribution in [1.82, 2.24) is 4.57 Å². The second kappa shape index (κ2) is 6.83. The van der Waals surface area contributed by atoms with Gasteiger partial charge in [-0.05, 0) is 37.0 Å². The van der Waals surface area contributed by atoms with Crippen molar-refractivity contribution in [2.24, 2.45) is 7.05 Å². The highest BCUT2D eigenvalue weighted by molar-refractivity contribution is 6.29. The second-order valence-electron chi connectivity index (χ2n) is 5.12. The lowest BCUT2D eigenvalue weighted by atomic mass is 10.0. The first-order valence-corrected chi connectivity index (χ1v) is 7.42. The fourth-order valence-corrected chi connectivity index (χ4v) is 2.67. The monoisotopic (exact) mass is 323 g/mol. The van der Waals surface area contributed by atoms with E-state index in [9.17, 15) is 9.59 Å². The number of rotatable bonds is 6. The van der Waals surface area contributed by atoms with Crippen LogP contribution < -0.4 is 10.3 Å². The van der Waals surface area contributed by atoms with Gasteiger partial charge < -0.3 is 14.4 Å². The molecule has 0 saturated heterocycles. The lowest BCUT2D eigenvalue weighted by Crippen LogP contribution is -2.16. The van der Waals surface area contributed by atoms with Crippen molar-refractivity contribution in [2.45, 2.75) is 24.6 Å². The van der Waals surface area contributed by atoms with Crippen LogP contribution in [0.3, 0.4) is 0 Å². The van der Waals surface area contributed by atoms with Crippen LogP contribution in [0.25, 0.3) is 10.9 Å². The Labute approximate surface area is 133 Å². The molecule has 1 heterocycles. The molecule has 0 aliphatic carbocycles. The van der Waals surface area contributed by atoms with E-state index in [2.05, 4.69) is 0 Å². The number of aromatic nitrogens is 1. The Morgan fingerprint density at radius 1 is 1.36 bits per heavy atom. The lowest BCUT2D eigenvalue weighted by molar-refractivity contribution is -0.136. The van der Waals surface area contributed by atoms with Gasteiger partial charge in [-0.2, -0.15) is 0 Å². The average molecular weight is 324 g/mol. The van der Waals surface area contributed by atoms with Crippen LogP contribution >= 0.6 is 11.6 Å². The van der Waals surface area contributed by atoms with Crippen molar-refractivity contribution in [3.05, 3.63) is 40.2 Å². The number of pyridine rings is 1. The highest BCUT2D eigenvalue weighted by Gasteiger charge is 2.14. The Bertz CT molecular complexity index is 754. The fraction of sp³-hybridized carbons (Fsp3) is 0.375. The summed E-state index contributed by atoms with van der Waals surface area (Å²) in [5.74, 6) is -0.358. The van der Waals surface area contributed by atoms with Crippen molar-refractivity contribution in [2.75, 3.05) is 7.11 Å². The number of carboxylic acid groups (broad SMARTS) is 1. The number of ether oxygens (including phenoxy) is 1. The van der Waals surface area contributed by atoms with Crippen molar-refractivity contribution < 1.29 is 14.6 Å². The molecular formula is C16H18ClNO4. The molecule has 0 spiro atoms. The molecule has 0 fully saturated rings. The smallest absolute Gasteiger partial charge is 0.321 e. The molecule has 1 atom stereocenters. The molecule has 0 radical (unpaired) electrons. The van der Waals surface area contributed by atoms with E-state index in [4.69, 9.17) is 21.4 Å². The third-order valence-electron chi connectivity index (χ3n) is 3.72. The number of benzene rings is 1. The SMILES string of the molecule is COc1ccc(CCCC(Cl)C(=O)O)c2ccc(=O)n(C)c12. The number of methoxy groups -OCH3 is 1. The molecule has 2 rings (SSSR count). The van der Waals surface area contributed by atoms with Gasteiger partial charge in [0.1, 0.15) is 11.1 Å². The molecule has 118 valence electrons. The predicted octanol–water partition coefficient (Wildman–Crippen LogP) is 2.56. The molecule has 1 aromatic heterocycles. The van der Waals surface area contributed by atoms with E-state index in [1.807, 2.05) is 12.1 Å². The van der Waals surface area contributed by atoms with Crippen LogP contribution in [0, 0.1) is 0 Å².